The van der Waals surface area contributed by atoms with Crippen LogP contribution in [0.15, 0.2) is 29.2 Å². The lowest BCUT2D eigenvalue weighted by Crippen LogP contribution is -2.39. The molecule has 1 aliphatic carbocycles. The molecule has 2 nitrogen and oxygen atoms in total. The van der Waals surface area contributed by atoms with Crippen LogP contribution in [-0.4, -0.2) is 31.1 Å². The van der Waals surface area contributed by atoms with E-state index in [0.29, 0.717) is 18.1 Å². The van der Waals surface area contributed by atoms with Gasteiger partial charge in [0, 0.05) is 35.8 Å². The highest BCUT2D eigenvalue weighted by Gasteiger charge is 2.40. The largest absolute Gasteiger partial charge is 0.376 e. The number of nitrogens with one attached hydrogen (secondary N) is 1. The van der Waals surface area contributed by atoms with Crippen LogP contribution in [0.1, 0.15) is 30.7 Å². The van der Waals surface area contributed by atoms with Crippen LogP contribution in [0.5, 0.6) is 0 Å². The lowest BCUT2D eigenvalue weighted by atomic mass is 10.00. The first-order valence-electron chi connectivity index (χ1n) is 7.48. The average Bonchev–Trinajstić information content (AvgIpc) is 3.04. The van der Waals surface area contributed by atoms with E-state index in [1.165, 1.54) is 29.9 Å². The second kappa shape index (κ2) is 5.12. The Labute approximate surface area is 119 Å². The molecule has 1 saturated heterocycles. The van der Waals surface area contributed by atoms with Gasteiger partial charge in [-0.25, -0.2) is 0 Å². The summed E-state index contributed by atoms with van der Waals surface area (Å²) >= 11 is 2.01. The van der Waals surface area contributed by atoms with Crippen LogP contribution in [0.3, 0.4) is 0 Å². The monoisotopic (exact) mass is 275 g/mol. The highest BCUT2D eigenvalue weighted by atomic mass is 32.2. The average molecular weight is 275 g/mol. The van der Waals surface area contributed by atoms with Crippen LogP contribution >= 0.6 is 11.8 Å². The Balaban J connectivity index is 1.38. The van der Waals surface area contributed by atoms with E-state index in [4.69, 9.17) is 4.74 Å². The van der Waals surface area contributed by atoms with Crippen molar-refractivity contribution >= 4 is 11.8 Å². The lowest BCUT2D eigenvalue weighted by Gasteiger charge is -2.21. The highest BCUT2D eigenvalue weighted by molar-refractivity contribution is 7.99. The van der Waals surface area contributed by atoms with Crippen molar-refractivity contribution in [3.63, 3.8) is 0 Å². The van der Waals surface area contributed by atoms with Crippen LogP contribution in [0, 0.1) is 5.92 Å². The SMILES string of the molecule is c1ccc2c(c1)SCC2CNC1CCOC1C1CC1. The van der Waals surface area contributed by atoms with Crippen LogP contribution in [0.4, 0.5) is 0 Å². The molecule has 0 amide bonds. The highest BCUT2D eigenvalue weighted by Crippen LogP contribution is 2.40. The molecule has 1 aromatic rings. The van der Waals surface area contributed by atoms with Crippen molar-refractivity contribution in [3.05, 3.63) is 29.8 Å². The number of benzene rings is 1. The number of ether oxygens (including phenoxy) is 1. The summed E-state index contributed by atoms with van der Waals surface area (Å²) < 4.78 is 5.91. The Hall–Kier alpha value is -0.510. The van der Waals surface area contributed by atoms with Gasteiger partial charge in [-0.05, 0) is 36.8 Å². The quantitative estimate of drug-likeness (QED) is 0.912. The number of hydrogen-bond acceptors (Lipinski definition) is 3. The molecule has 0 spiro atoms. The number of rotatable bonds is 4. The molecule has 2 heterocycles. The molecule has 3 aliphatic rings. The summed E-state index contributed by atoms with van der Waals surface area (Å²) in [5.41, 5.74) is 1.54. The summed E-state index contributed by atoms with van der Waals surface area (Å²) in [6.07, 6.45) is 4.46. The molecule has 3 unspecified atom stereocenters. The third kappa shape index (κ3) is 2.44. The summed E-state index contributed by atoms with van der Waals surface area (Å²) in [5, 5.41) is 3.80. The maximum Gasteiger partial charge on any atom is 0.0756 e. The first-order valence-corrected chi connectivity index (χ1v) is 8.47. The van der Waals surface area contributed by atoms with Crippen LogP contribution in [0.2, 0.25) is 0 Å². The minimum atomic E-state index is 0.504. The number of hydrogen-bond donors (Lipinski definition) is 1. The van der Waals surface area contributed by atoms with E-state index in [2.05, 4.69) is 29.6 Å². The molecule has 1 aromatic carbocycles. The molecule has 102 valence electrons. The van der Waals surface area contributed by atoms with E-state index >= 15 is 0 Å². The molecule has 1 saturated carbocycles. The van der Waals surface area contributed by atoms with Gasteiger partial charge in [0.2, 0.25) is 0 Å². The summed E-state index contributed by atoms with van der Waals surface area (Å²) in [5.74, 6) is 2.76. The predicted octanol–water partition coefficient (Wildman–Crippen LogP) is 3.03. The van der Waals surface area contributed by atoms with E-state index < -0.39 is 0 Å². The zero-order valence-corrected chi connectivity index (χ0v) is 12.0. The molecule has 0 radical (unpaired) electrons. The Bertz CT molecular complexity index is 460. The van der Waals surface area contributed by atoms with Crippen molar-refractivity contribution in [2.45, 2.75) is 42.2 Å². The van der Waals surface area contributed by atoms with Gasteiger partial charge in [-0.3, -0.25) is 0 Å². The smallest absolute Gasteiger partial charge is 0.0756 e. The van der Waals surface area contributed by atoms with Gasteiger partial charge < -0.3 is 10.1 Å². The Morgan fingerprint density at radius 3 is 3.00 bits per heavy atom. The molecule has 1 N–H and O–H groups in total. The van der Waals surface area contributed by atoms with Gasteiger partial charge in [0.25, 0.3) is 0 Å². The van der Waals surface area contributed by atoms with Crippen molar-refractivity contribution < 1.29 is 4.74 Å². The number of fused-ring (bicyclic) bond motifs is 1. The number of thioether (sulfide) groups is 1. The summed E-state index contributed by atoms with van der Waals surface area (Å²) in [6.45, 7) is 2.07. The fraction of sp³-hybridized carbons (Fsp3) is 0.625. The van der Waals surface area contributed by atoms with Gasteiger partial charge in [0.15, 0.2) is 0 Å². The second-order valence-corrected chi connectivity index (χ2v) is 7.08. The Morgan fingerprint density at radius 1 is 1.21 bits per heavy atom. The van der Waals surface area contributed by atoms with Crippen LogP contribution in [-0.2, 0) is 4.74 Å². The molecular formula is C16H21NOS. The van der Waals surface area contributed by atoms with Gasteiger partial charge in [0.05, 0.1) is 6.10 Å². The zero-order valence-electron chi connectivity index (χ0n) is 11.2. The van der Waals surface area contributed by atoms with Gasteiger partial charge in [0.1, 0.15) is 0 Å². The summed E-state index contributed by atoms with van der Waals surface area (Å²) in [4.78, 5) is 1.48. The topological polar surface area (TPSA) is 21.3 Å². The summed E-state index contributed by atoms with van der Waals surface area (Å²) in [7, 11) is 0. The van der Waals surface area contributed by atoms with Gasteiger partial charge in [-0.2, -0.15) is 0 Å². The standard InChI is InChI=1S/C16H21NOS/c1-2-4-15-13(3-1)12(10-19-15)9-17-14-7-8-18-16(14)11-5-6-11/h1-4,11-12,14,16-17H,5-10H2. The van der Waals surface area contributed by atoms with Crippen LogP contribution in [0.25, 0.3) is 0 Å². The van der Waals surface area contributed by atoms with Gasteiger partial charge in [-0.15, -0.1) is 11.8 Å². The minimum Gasteiger partial charge on any atom is -0.376 e. The third-order valence-electron chi connectivity index (χ3n) is 4.65. The van der Waals surface area contributed by atoms with E-state index in [1.807, 2.05) is 11.8 Å². The molecule has 19 heavy (non-hydrogen) atoms. The van der Waals surface area contributed by atoms with E-state index in [1.54, 1.807) is 5.56 Å². The van der Waals surface area contributed by atoms with Crippen molar-refractivity contribution in [2.24, 2.45) is 5.92 Å². The molecule has 3 heteroatoms. The normalized spacial score (nSPS) is 33.6. The Kier molecular flexibility index (Phi) is 3.30. The third-order valence-corrected chi connectivity index (χ3v) is 5.90. The van der Waals surface area contributed by atoms with Gasteiger partial charge in [-0.1, -0.05) is 18.2 Å². The molecule has 2 aliphatic heterocycles. The van der Waals surface area contributed by atoms with Gasteiger partial charge >= 0.3 is 0 Å². The zero-order chi connectivity index (χ0) is 12.7. The van der Waals surface area contributed by atoms with Crippen molar-refractivity contribution in [2.75, 3.05) is 18.9 Å². The van der Waals surface area contributed by atoms with E-state index in [-0.39, 0.29) is 0 Å². The van der Waals surface area contributed by atoms with Crippen molar-refractivity contribution in [1.29, 1.82) is 0 Å². The minimum absolute atomic E-state index is 0.504. The first kappa shape index (κ1) is 12.2. The molecule has 0 aromatic heterocycles. The van der Waals surface area contributed by atoms with E-state index in [9.17, 15) is 0 Å². The fourth-order valence-corrected chi connectivity index (χ4v) is 4.67. The second-order valence-electron chi connectivity index (χ2n) is 6.02. The lowest BCUT2D eigenvalue weighted by molar-refractivity contribution is 0.0810. The molecule has 0 bridgehead atoms. The maximum atomic E-state index is 5.91. The first-order chi connectivity index (χ1) is 9.42. The molecule has 2 fully saturated rings. The fourth-order valence-electron chi connectivity index (χ4n) is 3.41. The molecule has 3 atom stereocenters. The van der Waals surface area contributed by atoms with Crippen LogP contribution < -0.4 is 5.32 Å². The molecular weight excluding hydrogens is 254 g/mol. The summed E-state index contributed by atoms with van der Waals surface area (Å²) in [6, 6.07) is 9.47. The maximum absolute atomic E-state index is 5.91. The van der Waals surface area contributed by atoms with Crippen molar-refractivity contribution in [1.82, 2.24) is 5.32 Å². The predicted molar refractivity (Wildman–Crippen MR) is 78.8 cm³/mol. The molecule has 4 rings (SSSR count). The van der Waals surface area contributed by atoms with Crippen molar-refractivity contribution in [3.8, 4) is 0 Å². The Morgan fingerprint density at radius 2 is 2.11 bits per heavy atom. The van der Waals surface area contributed by atoms with E-state index in [0.717, 1.165) is 19.1 Å².